The van der Waals surface area contributed by atoms with Gasteiger partial charge in [-0.05, 0) is 30.2 Å². The molecule has 0 aromatic heterocycles. The number of hydrogen-bond donors (Lipinski definition) is 1. The van der Waals surface area contributed by atoms with E-state index in [0.717, 1.165) is 22.8 Å². The van der Waals surface area contributed by atoms with Crippen LogP contribution in [-0.4, -0.2) is 16.9 Å². The number of ketones is 1. The van der Waals surface area contributed by atoms with Crippen molar-refractivity contribution in [1.29, 1.82) is 0 Å². The lowest BCUT2D eigenvalue weighted by Gasteiger charge is -2.04. The van der Waals surface area contributed by atoms with E-state index in [-0.39, 0.29) is 5.78 Å². The smallest absolute Gasteiger partial charge is 0.328 e. The summed E-state index contributed by atoms with van der Waals surface area (Å²) in [7, 11) is 0. The Morgan fingerprint density at radius 1 is 1.10 bits per heavy atom. The van der Waals surface area contributed by atoms with E-state index in [1.807, 2.05) is 49.4 Å². The van der Waals surface area contributed by atoms with Crippen molar-refractivity contribution in [2.24, 2.45) is 0 Å². The molecule has 1 N–H and O–H groups in total. The van der Waals surface area contributed by atoms with Crippen LogP contribution in [0.4, 0.5) is 0 Å². The number of carboxylic acid groups (broad SMARTS) is 1. The van der Waals surface area contributed by atoms with E-state index in [2.05, 4.69) is 0 Å². The molecule has 3 heteroatoms. The van der Waals surface area contributed by atoms with Crippen LogP contribution < -0.4 is 0 Å². The fraction of sp³-hybridized carbons (Fsp3) is 0.111. The molecule has 0 spiro atoms. The highest BCUT2D eigenvalue weighted by atomic mass is 16.4. The van der Waals surface area contributed by atoms with Crippen LogP contribution >= 0.6 is 0 Å². The van der Waals surface area contributed by atoms with E-state index in [1.54, 1.807) is 6.07 Å². The van der Waals surface area contributed by atoms with Crippen molar-refractivity contribution < 1.29 is 14.7 Å². The Morgan fingerprint density at radius 3 is 2.57 bits per heavy atom. The van der Waals surface area contributed by atoms with Gasteiger partial charge < -0.3 is 5.11 Å². The second kappa shape index (κ2) is 6.66. The highest BCUT2D eigenvalue weighted by Crippen LogP contribution is 2.12. The molecule has 0 heterocycles. The third-order valence-electron chi connectivity index (χ3n) is 3.07. The van der Waals surface area contributed by atoms with Crippen molar-refractivity contribution in [2.75, 3.05) is 0 Å². The van der Waals surface area contributed by atoms with Crippen LogP contribution in [0.25, 0.3) is 6.08 Å². The number of aryl methyl sites for hydroxylation is 1. The molecule has 0 amide bonds. The molecule has 0 saturated carbocycles. The minimum absolute atomic E-state index is 0.0538. The number of hydrogen-bond acceptors (Lipinski definition) is 2. The summed E-state index contributed by atoms with van der Waals surface area (Å²) in [6, 6.07) is 14.8. The van der Waals surface area contributed by atoms with Crippen LogP contribution in [0.2, 0.25) is 0 Å². The van der Waals surface area contributed by atoms with Crippen molar-refractivity contribution in [3.05, 3.63) is 76.9 Å². The molecule has 0 aliphatic rings. The van der Waals surface area contributed by atoms with E-state index in [9.17, 15) is 9.59 Å². The summed E-state index contributed by atoms with van der Waals surface area (Å²) in [6.45, 7) is 1.95. The van der Waals surface area contributed by atoms with Gasteiger partial charge in [-0.1, -0.05) is 48.0 Å². The average molecular weight is 280 g/mol. The lowest BCUT2D eigenvalue weighted by Crippen LogP contribution is -2.03. The lowest BCUT2D eigenvalue weighted by molar-refractivity contribution is -0.131. The minimum Gasteiger partial charge on any atom is -0.478 e. The summed E-state index contributed by atoms with van der Waals surface area (Å²) < 4.78 is 0. The third kappa shape index (κ3) is 4.42. The Balaban J connectivity index is 2.14. The maximum absolute atomic E-state index is 12.2. The molecule has 2 rings (SSSR count). The first-order chi connectivity index (χ1) is 10.0. The molecule has 21 heavy (non-hydrogen) atoms. The largest absolute Gasteiger partial charge is 0.478 e. The zero-order valence-corrected chi connectivity index (χ0v) is 11.7. The highest BCUT2D eigenvalue weighted by Gasteiger charge is 2.07. The van der Waals surface area contributed by atoms with Gasteiger partial charge >= 0.3 is 5.97 Å². The SMILES string of the molecule is Cc1cccc(C(=O)Cc2cccc(/C=C/C(=O)O)c2)c1. The maximum atomic E-state index is 12.2. The van der Waals surface area contributed by atoms with Crippen molar-refractivity contribution in [3.8, 4) is 0 Å². The molecule has 2 aromatic rings. The standard InChI is InChI=1S/C18H16O3/c1-13-4-2-7-16(10-13)17(19)12-15-6-3-5-14(11-15)8-9-18(20)21/h2-11H,12H2,1H3,(H,20,21)/b9-8+. The molecule has 0 saturated heterocycles. The molecule has 0 fully saturated rings. The molecule has 0 atom stereocenters. The van der Waals surface area contributed by atoms with Gasteiger partial charge in [0.15, 0.2) is 5.78 Å². The van der Waals surface area contributed by atoms with Crippen molar-refractivity contribution in [2.45, 2.75) is 13.3 Å². The zero-order chi connectivity index (χ0) is 15.2. The van der Waals surface area contributed by atoms with E-state index in [0.29, 0.717) is 12.0 Å². The number of rotatable bonds is 5. The second-order valence-corrected chi connectivity index (χ2v) is 4.89. The number of carbonyl (C=O) groups is 2. The third-order valence-corrected chi connectivity index (χ3v) is 3.07. The van der Waals surface area contributed by atoms with E-state index < -0.39 is 5.97 Å². The van der Waals surface area contributed by atoms with Gasteiger partial charge in [-0.3, -0.25) is 4.79 Å². The van der Waals surface area contributed by atoms with Gasteiger partial charge in [0.2, 0.25) is 0 Å². The summed E-state index contributed by atoms with van der Waals surface area (Å²) in [5.41, 5.74) is 3.39. The maximum Gasteiger partial charge on any atom is 0.328 e. The second-order valence-electron chi connectivity index (χ2n) is 4.89. The Labute approximate surface area is 123 Å². The molecular formula is C18H16O3. The molecule has 0 unspecified atom stereocenters. The summed E-state index contributed by atoms with van der Waals surface area (Å²) in [4.78, 5) is 22.7. The predicted molar refractivity (Wildman–Crippen MR) is 82.3 cm³/mol. The van der Waals surface area contributed by atoms with Crippen molar-refractivity contribution in [1.82, 2.24) is 0 Å². The molecule has 0 aliphatic heterocycles. The Morgan fingerprint density at radius 2 is 1.86 bits per heavy atom. The van der Waals surface area contributed by atoms with Crippen LogP contribution in [0.1, 0.15) is 27.0 Å². The minimum atomic E-state index is -0.990. The number of carboxylic acids is 1. The zero-order valence-electron chi connectivity index (χ0n) is 11.7. The van der Waals surface area contributed by atoms with Gasteiger partial charge in [-0.2, -0.15) is 0 Å². The molecule has 3 nitrogen and oxygen atoms in total. The average Bonchev–Trinajstić information content (AvgIpc) is 2.45. The van der Waals surface area contributed by atoms with Gasteiger partial charge in [0.05, 0.1) is 0 Å². The number of Topliss-reactive ketones (excluding diaryl/α,β-unsaturated/α-hetero) is 1. The quantitative estimate of drug-likeness (QED) is 0.673. The Bertz CT molecular complexity index is 699. The fourth-order valence-corrected chi connectivity index (χ4v) is 2.08. The van der Waals surface area contributed by atoms with Gasteiger partial charge in [0.1, 0.15) is 0 Å². The Kier molecular flexibility index (Phi) is 4.67. The first kappa shape index (κ1) is 14.7. The van der Waals surface area contributed by atoms with Crippen LogP contribution in [-0.2, 0) is 11.2 Å². The molecular weight excluding hydrogens is 264 g/mol. The first-order valence-electron chi connectivity index (χ1n) is 6.64. The molecule has 0 bridgehead atoms. The fourth-order valence-electron chi connectivity index (χ4n) is 2.08. The summed E-state index contributed by atoms with van der Waals surface area (Å²) in [5, 5.41) is 8.62. The monoisotopic (exact) mass is 280 g/mol. The lowest BCUT2D eigenvalue weighted by atomic mass is 10.00. The van der Waals surface area contributed by atoms with Crippen LogP contribution in [0.5, 0.6) is 0 Å². The first-order valence-corrected chi connectivity index (χ1v) is 6.64. The highest BCUT2D eigenvalue weighted by molar-refractivity contribution is 5.97. The van der Waals surface area contributed by atoms with Crippen LogP contribution in [0, 0.1) is 6.92 Å². The van der Waals surface area contributed by atoms with E-state index >= 15 is 0 Å². The molecule has 0 radical (unpaired) electrons. The van der Waals surface area contributed by atoms with E-state index in [1.165, 1.54) is 6.08 Å². The van der Waals surface area contributed by atoms with Gasteiger partial charge in [0, 0.05) is 18.1 Å². The van der Waals surface area contributed by atoms with Gasteiger partial charge in [-0.15, -0.1) is 0 Å². The van der Waals surface area contributed by atoms with Crippen molar-refractivity contribution >= 4 is 17.8 Å². The van der Waals surface area contributed by atoms with Gasteiger partial charge in [0.25, 0.3) is 0 Å². The Hall–Kier alpha value is -2.68. The summed E-state index contributed by atoms with van der Waals surface area (Å²) in [5.74, 6) is -0.936. The summed E-state index contributed by atoms with van der Waals surface area (Å²) in [6.07, 6.45) is 2.91. The predicted octanol–water partition coefficient (Wildman–Crippen LogP) is 3.52. The number of aliphatic carboxylic acids is 1. The molecule has 0 aliphatic carbocycles. The van der Waals surface area contributed by atoms with Crippen LogP contribution in [0.15, 0.2) is 54.6 Å². The van der Waals surface area contributed by atoms with Crippen molar-refractivity contribution in [3.63, 3.8) is 0 Å². The van der Waals surface area contributed by atoms with E-state index in [4.69, 9.17) is 5.11 Å². The van der Waals surface area contributed by atoms with Crippen LogP contribution in [0.3, 0.4) is 0 Å². The van der Waals surface area contributed by atoms with Gasteiger partial charge in [-0.25, -0.2) is 4.79 Å². The molecule has 106 valence electrons. The topological polar surface area (TPSA) is 54.4 Å². The summed E-state index contributed by atoms with van der Waals surface area (Å²) >= 11 is 0. The number of carbonyl (C=O) groups excluding carboxylic acids is 1. The number of benzene rings is 2. The molecule has 2 aromatic carbocycles. The normalized spacial score (nSPS) is 10.7.